The molecule has 0 atom stereocenters. The molecule has 0 spiro atoms. The van der Waals surface area contributed by atoms with Crippen molar-refractivity contribution >= 4 is 23.8 Å². The zero-order valence-corrected chi connectivity index (χ0v) is 16.7. The van der Waals surface area contributed by atoms with Gasteiger partial charge >= 0.3 is 11.9 Å². The van der Waals surface area contributed by atoms with Crippen molar-refractivity contribution in [3.05, 3.63) is 31.1 Å². The fourth-order valence-corrected chi connectivity index (χ4v) is 1.11. The van der Waals surface area contributed by atoms with E-state index in [1.54, 1.807) is 0 Å². The predicted octanol–water partition coefficient (Wildman–Crippen LogP) is -11.0. The molecule has 0 amide bonds. The van der Waals surface area contributed by atoms with Gasteiger partial charge in [-0.25, -0.2) is 41.3 Å². The minimum atomic E-state index is -1.01. The van der Waals surface area contributed by atoms with Crippen LogP contribution in [0.25, 0.3) is 10.9 Å². The predicted molar refractivity (Wildman–Crippen MR) is 102 cm³/mol. The molecule has 28 nitrogen and oxygen atoms in total. The van der Waals surface area contributed by atoms with Crippen LogP contribution in [0.1, 0.15) is 0 Å². The average molecular weight is 496 g/mol. The van der Waals surface area contributed by atoms with Gasteiger partial charge in [0.2, 0.25) is 0 Å². The summed E-state index contributed by atoms with van der Waals surface area (Å²) in [5.41, 5.74) is 19.7. The molecule has 0 saturated heterocycles. The summed E-state index contributed by atoms with van der Waals surface area (Å²) in [6, 6.07) is 0. The molecular formula is C6H20N22O6. The molecule has 190 valence electrons. The van der Waals surface area contributed by atoms with E-state index in [2.05, 4.69) is 63.0 Å². The zero-order valence-electron chi connectivity index (χ0n) is 16.7. The maximum atomic E-state index is 10.2. The number of rotatable bonds is 9. The molecule has 28 heteroatoms. The molecule has 0 bridgehead atoms. The van der Waals surface area contributed by atoms with E-state index in [1.807, 2.05) is 0 Å². The highest BCUT2D eigenvalue weighted by Crippen LogP contribution is 2.10. The maximum Gasteiger partial charge on any atom is 0.379 e. The van der Waals surface area contributed by atoms with Crippen LogP contribution in [-0.2, 0) is 0 Å². The third kappa shape index (κ3) is 12.0. The number of nitrogens with two attached hydrogens (primary N) is 6. The van der Waals surface area contributed by atoms with Crippen molar-refractivity contribution in [2.24, 2.45) is 34.8 Å². The number of nitrogens with zero attached hydrogens (tertiary/aromatic N) is 12. The van der Waals surface area contributed by atoms with Crippen molar-refractivity contribution in [3.8, 4) is 0 Å². The van der Waals surface area contributed by atoms with Crippen LogP contribution in [0.3, 0.4) is 0 Å². The first-order valence-corrected chi connectivity index (χ1v) is 7.85. The summed E-state index contributed by atoms with van der Waals surface area (Å²) in [7, 11) is 0. The summed E-state index contributed by atoms with van der Waals surface area (Å²) in [6.45, 7) is -0.411. The summed E-state index contributed by atoms with van der Waals surface area (Å²) in [4.78, 5) is 31.4. The quantitative estimate of drug-likeness (QED) is 0.0384. The summed E-state index contributed by atoms with van der Waals surface area (Å²) < 4.78 is 0. The fraction of sp³-hybridized carbons (Fsp3) is 0.333. The lowest BCUT2D eigenvalue weighted by Crippen LogP contribution is -2.85. The van der Waals surface area contributed by atoms with Crippen molar-refractivity contribution in [2.75, 3.05) is 13.2 Å². The van der Waals surface area contributed by atoms with Gasteiger partial charge in [-0.1, -0.05) is 21.3 Å². The van der Waals surface area contributed by atoms with E-state index in [1.165, 1.54) is 0 Å². The van der Waals surface area contributed by atoms with E-state index >= 15 is 0 Å². The van der Waals surface area contributed by atoms with Crippen LogP contribution >= 0.6 is 0 Å². The fourth-order valence-electron chi connectivity index (χ4n) is 1.11. The minimum absolute atomic E-state index is 0.148. The van der Waals surface area contributed by atoms with Crippen LogP contribution in [0, 0.1) is 20.2 Å². The van der Waals surface area contributed by atoms with Gasteiger partial charge in [0.15, 0.2) is 11.9 Å². The van der Waals surface area contributed by atoms with Gasteiger partial charge in [0.1, 0.15) is 23.3 Å². The molecule has 0 unspecified atom stereocenters. The minimum Gasteiger partial charge on any atom is -0.445 e. The molecular weight excluding hydrogens is 476 g/mol. The lowest BCUT2D eigenvalue weighted by molar-refractivity contribution is -0.473. The number of hydrogen-bond donors (Lipinski definition) is 10. The molecule has 0 fully saturated rings. The van der Waals surface area contributed by atoms with Gasteiger partial charge in [0.25, 0.3) is 0 Å². The SMILES string of the molecule is NN/C(N)=[NH+]/N.NN/C(N)=[NH+]\N.O=[N+]([O-])[N-]c1nnnn1OCCOn1nnnc1[N-][N+](=O)[O-]. The van der Waals surface area contributed by atoms with Crippen molar-refractivity contribution in [2.45, 2.75) is 0 Å². The van der Waals surface area contributed by atoms with Crippen LogP contribution in [0.2, 0.25) is 0 Å². The topological polar surface area (TPSA) is 428 Å². The lowest BCUT2D eigenvalue weighted by Gasteiger charge is -2.13. The Morgan fingerprint density at radius 1 is 0.882 bits per heavy atom. The first-order chi connectivity index (χ1) is 16.2. The number of hydrazine groups is 4. The van der Waals surface area contributed by atoms with Gasteiger partial charge in [-0.3, -0.25) is 23.2 Å². The number of nitro groups is 2. The molecule has 2 heterocycles. The molecule has 0 aliphatic rings. The molecule has 2 rings (SSSR count). The molecule has 0 saturated carbocycles. The highest BCUT2D eigenvalue weighted by Gasteiger charge is 2.04. The number of hydrazone groups is 2. The van der Waals surface area contributed by atoms with Crippen LogP contribution in [-0.4, -0.2) is 75.9 Å². The second-order valence-corrected chi connectivity index (χ2v) is 4.45. The molecule has 34 heavy (non-hydrogen) atoms. The Hall–Kier alpha value is -5.80. The van der Waals surface area contributed by atoms with Gasteiger partial charge in [0.05, 0.1) is 0 Å². The molecule has 16 N–H and O–H groups in total. The van der Waals surface area contributed by atoms with Gasteiger partial charge in [-0.15, -0.1) is 20.1 Å². The van der Waals surface area contributed by atoms with Crippen LogP contribution in [0.15, 0.2) is 0 Å². The van der Waals surface area contributed by atoms with Crippen molar-refractivity contribution in [1.29, 1.82) is 0 Å². The number of hydrogen-bond acceptors (Lipinski definition) is 16. The molecule has 0 aromatic carbocycles. The van der Waals surface area contributed by atoms with Gasteiger partial charge in [-0.2, -0.15) is 21.9 Å². The highest BCUT2D eigenvalue weighted by molar-refractivity contribution is 5.70. The first-order valence-electron chi connectivity index (χ1n) is 7.85. The maximum absolute atomic E-state index is 10.2. The second kappa shape index (κ2) is 16.0. The van der Waals surface area contributed by atoms with Crippen LogP contribution in [0.5, 0.6) is 0 Å². The normalized spacial score (nSPS) is 10.4. The molecule has 2 aromatic heterocycles. The third-order valence-corrected chi connectivity index (χ3v) is 2.33. The summed E-state index contributed by atoms with van der Waals surface area (Å²) in [5.74, 6) is 18.2. The zero-order chi connectivity index (χ0) is 25.9. The second-order valence-electron chi connectivity index (χ2n) is 4.45. The first kappa shape index (κ1) is 28.2. The van der Waals surface area contributed by atoms with Gasteiger partial charge in [-0.05, 0) is 0 Å². The largest absolute Gasteiger partial charge is 0.445 e. The van der Waals surface area contributed by atoms with Crippen molar-refractivity contribution in [3.63, 3.8) is 0 Å². The molecule has 2 aromatic rings. The van der Waals surface area contributed by atoms with E-state index in [0.29, 0.717) is 9.69 Å². The molecule has 0 radical (unpaired) electrons. The Morgan fingerprint density at radius 2 is 1.24 bits per heavy atom. The summed E-state index contributed by atoms with van der Waals surface area (Å²) >= 11 is 0. The highest BCUT2D eigenvalue weighted by atomic mass is 16.7. The van der Waals surface area contributed by atoms with Crippen LogP contribution < -0.4 is 65.6 Å². The van der Waals surface area contributed by atoms with E-state index in [4.69, 9.17) is 44.5 Å². The number of nitrogens with one attached hydrogen (secondary N) is 4. The number of guanidine groups is 2. The van der Waals surface area contributed by atoms with Gasteiger partial charge in [0, 0.05) is 0 Å². The Labute approximate surface area is 185 Å². The van der Waals surface area contributed by atoms with E-state index in [9.17, 15) is 20.2 Å². The molecule has 0 aliphatic carbocycles. The van der Waals surface area contributed by atoms with E-state index in [0.717, 1.165) is 0 Å². The van der Waals surface area contributed by atoms with Crippen LogP contribution in [0.4, 0.5) is 11.9 Å². The average Bonchev–Trinajstić information content (AvgIpc) is 3.44. The Morgan fingerprint density at radius 3 is 1.47 bits per heavy atom. The van der Waals surface area contributed by atoms with Gasteiger partial charge < -0.3 is 9.68 Å². The number of aromatic nitrogens is 8. The Bertz CT molecular complexity index is 844. The smallest absolute Gasteiger partial charge is 0.379 e. The molecule has 0 aliphatic heterocycles. The van der Waals surface area contributed by atoms with Crippen molar-refractivity contribution < 1.29 is 29.9 Å². The lowest BCUT2D eigenvalue weighted by atomic mass is 10.8. The Kier molecular flexibility index (Phi) is 13.2. The van der Waals surface area contributed by atoms with Crippen molar-refractivity contribution in [1.82, 2.24) is 51.6 Å². The van der Waals surface area contributed by atoms with E-state index < -0.39 is 22.0 Å². The van der Waals surface area contributed by atoms with E-state index in [-0.39, 0.29) is 25.1 Å². The summed E-state index contributed by atoms with van der Waals surface area (Å²) in [5, 5.41) is 41.8. The third-order valence-electron chi connectivity index (χ3n) is 2.33. The summed E-state index contributed by atoms with van der Waals surface area (Å²) in [6.07, 6.45) is 0. The Balaban J connectivity index is 0.000000750. The monoisotopic (exact) mass is 496 g/mol. The number of tetrazole rings is 2. The standard InChI is InChI=1S/C4H4N12O6.2CH7N5/c17-15(18)7-3-5-9-11-13(3)21-1-2-22-14-4(6-10-12-14)8-16(19)20;2*2-1(5-3)6-4/h1-2H2;2*3-4H2,(H3,2,5,6)/q-2;;/p+2.